The predicted molar refractivity (Wildman–Crippen MR) is 108 cm³/mol. The minimum absolute atomic E-state index is 0.0967. The van der Waals surface area contributed by atoms with Crippen LogP contribution in [0.2, 0.25) is 0 Å². The number of thiophene rings is 1. The van der Waals surface area contributed by atoms with Crippen LogP contribution >= 0.6 is 11.3 Å². The zero-order valence-corrected chi connectivity index (χ0v) is 15.7. The molecule has 26 heavy (non-hydrogen) atoms. The van der Waals surface area contributed by atoms with Crippen LogP contribution in [-0.2, 0) is 4.79 Å². The molecule has 1 aliphatic rings. The highest BCUT2D eigenvalue weighted by Crippen LogP contribution is 2.29. The van der Waals surface area contributed by atoms with E-state index in [-0.39, 0.29) is 5.91 Å². The maximum absolute atomic E-state index is 12.9. The van der Waals surface area contributed by atoms with Crippen molar-refractivity contribution in [3.05, 3.63) is 76.4 Å². The summed E-state index contributed by atoms with van der Waals surface area (Å²) in [7, 11) is 0. The minimum Gasteiger partial charge on any atom is -0.308 e. The van der Waals surface area contributed by atoms with E-state index in [1.807, 2.05) is 61.7 Å². The molecule has 4 nitrogen and oxygen atoms in total. The molecule has 1 aliphatic heterocycles. The number of rotatable bonds is 3. The average molecular weight is 361 g/mol. The third kappa shape index (κ3) is 2.70. The van der Waals surface area contributed by atoms with Crippen molar-refractivity contribution in [2.24, 2.45) is 5.10 Å². The molecular weight excluding hydrogens is 342 g/mol. The van der Waals surface area contributed by atoms with Gasteiger partial charge < -0.3 is 4.57 Å². The first kappa shape index (κ1) is 16.5. The fraction of sp³-hybridized carbons (Fsp3) is 0.143. The van der Waals surface area contributed by atoms with Gasteiger partial charge in [0.05, 0.1) is 17.0 Å². The number of nitrogens with zero attached hydrogens (tertiary/aromatic N) is 3. The van der Waals surface area contributed by atoms with E-state index < -0.39 is 0 Å². The molecule has 0 atom stereocenters. The van der Waals surface area contributed by atoms with Crippen molar-refractivity contribution in [1.82, 2.24) is 4.57 Å². The standard InChI is InChI=1S/C21H19N3OS/c1-14-13-26-21(15(14)2)23-11-7-10-18(23)12-19-16(3)22-24(20(19)25)17-8-5-4-6-9-17/h4-13H,1-3H3/b19-12+. The van der Waals surface area contributed by atoms with Crippen molar-refractivity contribution in [2.45, 2.75) is 20.8 Å². The van der Waals surface area contributed by atoms with Gasteiger partial charge in [0.25, 0.3) is 5.91 Å². The fourth-order valence-corrected chi connectivity index (χ4v) is 4.08. The Kier molecular flexibility index (Phi) is 4.09. The van der Waals surface area contributed by atoms with Crippen molar-refractivity contribution < 1.29 is 4.79 Å². The minimum atomic E-state index is -0.0967. The van der Waals surface area contributed by atoms with Crippen LogP contribution in [0, 0.1) is 13.8 Å². The van der Waals surface area contributed by atoms with Gasteiger partial charge in [-0.15, -0.1) is 11.3 Å². The predicted octanol–water partition coefficient (Wildman–Crippen LogP) is 4.96. The van der Waals surface area contributed by atoms with Gasteiger partial charge in [-0.1, -0.05) is 18.2 Å². The van der Waals surface area contributed by atoms with E-state index >= 15 is 0 Å². The lowest BCUT2D eigenvalue weighted by Crippen LogP contribution is -2.21. The molecule has 5 heteroatoms. The van der Waals surface area contributed by atoms with Crippen LogP contribution < -0.4 is 5.01 Å². The van der Waals surface area contributed by atoms with Crippen LogP contribution in [0.25, 0.3) is 11.1 Å². The van der Waals surface area contributed by atoms with Gasteiger partial charge in [0, 0.05) is 11.9 Å². The molecule has 0 unspecified atom stereocenters. The molecule has 130 valence electrons. The van der Waals surface area contributed by atoms with Gasteiger partial charge in [-0.2, -0.15) is 10.1 Å². The Labute approximate surface area is 156 Å². The summed E-state index contributed by atoms with van der Waals surface area (Å²) in [5.74, 6) is -0.0967. The maximum Gasteiger partial charge on any atom is 0.280 e. The first-order valence-corrected chi connectivity index (χ1v) is 9.33. The molecule has 0 N–H and O–H groups in total. The van der Waals surface area contributed by atoms with Crippen molar-refractivity contribution >= 4 is 34.7 Å². The summed E-state index contributed by atoms with van der Waals surface area (Å²) in [6.45, 7) is 6.12. The zero-order chi connectivity index (χ0) is 18.3. The molecule has 0 saturated carbocycles. The number of hydrogen-bond acceptors (Lipinski definition) is 3. The molecule has 2 aromatic heterocycles. The second-order valence-corrected chi connectivity index (χ2v) is 7.21. The molecule has 0 fully saturated rings. The number of hydrogen-bond donors (Lipinski definition) is 0. The number of benzene rings is 1. The molecule has 3 aromatic rings. The average Bonchev–Trinajstić information content (AvgIpc) is 3.31. The quantitative estimate of drug-likeness (QED) is 0.608. The number of carbonyl (C=O) groups excluding carboxylic acids is 1. The Morgan fingerprint density at radius 3 is 2.50 bits per heavy atom. The molecule has 0 bridgehead atoms. The highest BCUT2D eigenvalue weighted by atomic mass is 32.1. The van der Waals surface area contributed by atoms with Crippen LogP contribution in [0.1, 0.15) is 23.7 Å². The lowest BCUT2D eigenvalue weighted by molar-refractivity contribution is -0.114. The number of aryl methyl sites for hydroxylation is 1. The number of aromatic nitrogens is 1. The van der Waals surface area contributed by atoms with Crippen molar-refractivity contribution in [2.75, 3.05) is 5.01 Å². The van der Waals surface area contributed by atoms with Gasteiger partial charge in [0.1, 0.15) is 5.00 Å². The fourth-order valence-electron chi connectivity index (χ4n) is 3.00. The van der Waals surface area contributed by atoms with Gasteiger partial charge in [-0.25, -0.2) is 0 Å². The van der Waals surface area contributed by atoms with Crippen molar-refractivity contribution in [1.29, 1.82) is 0 Å². The lowest BCUT2D eigenvalue weighted by atomic mass is 10.1. The van der Waals surface area contributed by atoms with Crippen LogP contribution in [0.3, 0.4) is 0 Å². The smallest absolute Gasteiger partial charge is 0.280 e. The van der Waals surface area contributed by atoms with Crippen molar-refractivity contribution in [3.63, 3.8) is 0 Å². The highest BCUT2D eigenvalue weighted by Gasteiger charge is 2.28. The number of hydrazone groups is 1. The van der Waals surface area contributed by atoms with Crippen LogP contribution in [-0.4, -0.2) is 16.2 Å². The summed E-state index contributed by atoms with van der Waals surface area (Å²) in [6.07, 6.45) is 3.96. The molecule has 4 rings (SSSR count). The molecular formula is C21H19N3OS. The van der Waals surface area contributed by atoms with Crippen molar-refractivity contribution in [3.8, 4) is 5.00 Å². The number of amides is 1. The third-order valence-corrected chi connectivity index (χ3v) is 5.81. The van der Waals surface area contributed by atoms with Gasteiger partial charge >= 0.3 is 0 Å². The molecule has 1 amide bonds. The maximum atomic E-state index is 12.9. The Morgan fingerprint density at radius 1 is 1.04 bits per heavy atom. The number of anilines is 1. The topological polar surface area (TPSA) is 37.6 Å². The summed E-state index contributed by atoms with van der Waals surface area (Å²) in [5.41, 5.74) is 5.65. The molecule has 0 spiro atoms. The van der Waals surface area contributed by atoms with Crippen LogP contribution in [0.5, 0.6) is 0 Å². The summed E-state index contributed by atoms with van der Waals surface area (Å²) in [6, 6.07) is 13.5. The molecule has 1 aromatic carbocycles. The Bertz CT molecular complexity index is 1040. The zero-order valence-electron chi connectivity index (χ0n) is 14.9. The van der Waals surface area contributed by atoms with Crippen LogP contribution in [0.4, 0.5) is 5.69 Å². The number of para-hydroxylation sites is 1. The Hall–Kier alpha value is -2.92. The van der Waals surface area contributed by atoms with Gasteiger partial charge in [-0.3, -0.25) is 4.79 Å². The van der Waals surface area contributed by atoms with E-state index in [1.54, 1.807) is 11.3 Å². The summed E-state index contributed by atoms with van der Waals surface area (Å²) < 4.78 is 2.13. The van der Waals surface area contributed by atoms with E-state index in [4.69, 9.17) is 0 Å². The summed E-state index contributed by atoms with van der Waals surface area (Å²) in [4.78, 5) is 12.9. The lowest BCUT2D eigenvalue weighted by Gasteiger charge is -2.11. The van der Waals surface area contributed by atoms with E-state index in [2.05, 4.69) is 28.9 Å². The first-order chi connectivity index (χ1) is 12.6. The molecule has 0 aliphatic carbocycles. The Morgan fingerprint density at radius 2 is 1.81 bits per heavy atom. The summed E-state index contributed by atoms with van der Waals surface area (Å²) in [5, 5.41) is 9.26. The molecule has 3 heterocycles. The Balaban J connectivity index is 1.73. The second-order valence-electron chi connectivity index (χ2n) is 6.35. The van der Waals surface area contributed by atoms with E-state index in [9.17, 15) is 4.79 Å². The van der Waals surface area contributed by atoms with Crippen LogP contribution in [0.15, 0.2) is 64.7 Å². The van der Waals surface area contributed by atoms with Gasteiger partial charge in [0.2, 0.25) is 0 Å². The largest absolute Gasteiger partial charge is 0.308 e. The highest BCUT2D eigenvalue weighted by molar-refractivity contribution is 7.12. The number of carbonyl (C=O) groups is 1. The third-order valence-electron chi connectivity index (χ3n) is 4.61. The summed E-state index contributed by atoms with van der Waals surface area (Å²) >= 11 is 1.71. The second kappa shape index (κ2) is 6.42. The van der Waals surface area contributed by atoms with E-state index in [1.165, 1.54) is 21.1 Å². The van der Waals surface area contributed by atoms with E-state index in [0.717, 1.165) is 17.1 Å². The normalized spacial score (nSPS) is 15.8. The first-order valence-electron chi connectivity index (χ1n) is 8.45. The van der Waals surface area contributed by atoms with Gasteiger partial charge in [0.15, 0.2) is 0 Å². The molecule has 0 radical (unpaired) electrons. The molecule has 0 saturated heterocycles. The van der Waals surface area contributed by atoms with E-state index in [0.29, 0.717) is 5.57 Å². The van der Waals surface area contributed by atoms with Gasteiger partial charge in [-0.05, 0) is 67.6 Å². The SMILES string of the molecule is CC1=NN(c2ccccc2)C(=O)/C1=C/c1cccn1-c1scc(C)c1C. The monoisotopic (exact) mass is 361 g/mol.